The van der Waals surface area contributed by atoms with Crippen LogP contribution in [-0.2, 0) is 4.79 Å². The third kappa shape index (κ3) is 3.18. The average Bonchev–Trinajstić information content (AvgIpc) is 3.16. The fourth-order valence-corrected chi connectivity index (χ4v) is 4.39. The Hall–Kier alpha value is -2.43. The summed E-state index contributed by atoms with van der Waals surface area (Å²) in [5.74, 6) is -0.0165. The first-order valence-electron chi connectivity index (χ1n) is 9.68. The molecule has 26 heavy (non-hydrogen) atoms. The molecule has 1 N–H and O–H groups in total. The number of hydrogen-bond acceptors (Lipinski definition) is 3. The second kappa shape index (κ2) is 7.44. The number of fused-ring (bicyclic) bond motifs is 2. The zero-order chi connectivity index (χ0) is 17.9. The Morgan fingerprint density at radius 2 is 1.96 bits per heavy atom. The number of benzene rings is 1. The first-order chi connectivity index (χ1) is 12.8. The fourth-order valence-electron chi connectivity index (χ4n) is 4.39. The lowest BCUT2D eigenvalue weighted by molar-refractivity contribution is -0.126. The number of rotatable bonds is 1. The average molecular weight is 351 g/mol. The van der Waals surface area contributed by atoms with Gasteiger partial charge in [-0.05, 0) is 43.6 Å². The third-order valence-corrected chi connectivity index (χ3v) is 5.73. The van der Waals surface area contributed by atoms with E-state index in [0.717, 1.165) is 55.8 Å². The van der Waals surface area contributed by atoms with E-state index >= 15 is 0 Å². The standard InChI is InChI=1S/C21H25N3O2/c25-20-17-9-6-10-18(17)24(14-5-1-4-12-23-20)21(26)19-16-8-3-2-7-15(16)11-13-22-19/h2-3,7-8,11,13,17-18H,1,4-6,9-10,12,14H2,(H,23,25)/t17-,18+/m1/s1. The van der Waals surface area contributed by atoms with E-state index in [2.05, 4.69) is 10.3 Å². The van der Waals surface area contributed by atoms with Gasteiger partial charge in [0.25, 0.3) is 5.91 Å². The van der Waals surface area contributed by atoms with Crippen molar-refractivity contribution in [3.05, 3.63) is 42.2 Å². The zero-order valence-electron chi connectivity index (χ0n) is 15.0. The van der Waals surface area contributed by atoms with Crippen LogP contribution < -0.4 is 5.32 Å². The van der Waals surface area contributed by atoms with E-state index < -0.39 is 0 Å². The molecule has 2 aliphatic rings. The Bertz CT molecular complexity index is 815. The summed E-state index contributed by atoms with van der Waals surface area (Å²) in [6.07, 6.45) is 7.42. The predicted molar refractivity (Wildman–Crippen MR) is 101 cm³/mol. The van der Waals surface area contributed by atoms with Gasteiger partial charge < -0.3 is 10.2 Å². The minimum absolute atomic E-state index is 0.0126. The van der Waals surface area contributed by atoms with E-state index in [-0.39, 0.29) is 23.8 Å². The van der Waals surface area contributed by atoms with E-state index in [1.54, 1.807) is 6.20 Å². The molecule has 2 amide bonds. The second-order valence-electron chi connectivity index (χ2n) is 7.34. The molecule has 2 heterocycles. The van der Waals surface area contributed by atoms with Crippen LogP contribution in [0.25, 0.3) is 10.8 Å². The first kappa shape index (κ1) is 17.0. The van der Waals surface area contributed by atoms with Gasteiger partial charge in [-0.3, -0.25) is 14.6 Å². The van der Waals surface area contributed by atoms with Gasteiger partial charge in [-0.2, -0.15) is 0 Å². The Morgan fingerprint density at radius 1 is 1.08 bits per heavy atom. The molecule has 4 rings (SSSR count). The van der Waals surface area contributed by atoms with E-state index in [1.807, 2.05) is 35.2 Å². The number of carbonyl (C=O) groups excluding carboxylic acids is 2. The van der Waals surface area contributed by atoms with Gasteiger partial charge in [0.1, 0.15) is 5.69 Å². The summed E-state index contributed by atoms with van der Waals surface area (Å²) < 4.78 is 0. The Kier molecular flexibility index (Phi) is 4.87. The molecule has 1 saturated carbocycles. The number of amides is 2. The van der Waals surface area contributed by atoms with Crippen molar-refractivity contribution < 1.29 is 9.59 Å². The van der Waals surface area contributed by atoms with Crippen molar-refractivity contribution in [3.63, 3.8) is 0 Å². The molecular formula is C21H25N3O2. The van der Waals surface area contributed by atoms with Crippen molar-refractivity contribution in [2.45, 2.75) is 44.6 Å². The molecule has 136 valence electrons. The van der Waals surface area contributed by atoms with E-state index in [9.17, 15) is 9.59 Å². The van der Waals surface area contributed by atoms with Crippen LogP contribution in [-0.4, -0.2) is 40.8 Å². The van der Waals surface area contributed by atoms with Crippen molar-refractivity contribution >= 4 is 22.6 Å². The minimum Gasteiger partial charge on any atom is -0.356 e. The van der Waals surface area contributed by atoms with Crippen molar-refractivity contribution in [1.29, 1.82) is 0 Å². The highest BCUT2D eigenvalue weighted by Gasteiger charge is 2.39. The van der Waals surface area contributed by atoms with Gasteiger partial charge in [0, 0.05) is 30.7 Å². The number of nitrogens with zero attached hydrogens (tertiary/aromatic N) is 2. The van der Waals surface area contributed by atoms with Crippen molar-refractivity contribution in [2.75, 3.05) is 13.1 Å². The SMILES string of the molecule is O=C1NCCCCCN(C(=O)c2nccc3ccccc23)[C@H]2CCC[C@@H]12. The lowest BCUT2D eigenvalue weighted by Gasteiger charge is -2.33. The Balaban J connectivity index is 1.70. The summed E-state index contributed by atoms with van der Waals surface area (Å²) in [6.45, 7) is 1.46. The summed E-state index contributed by atoms with van der Waals surface area (Å²) in [5.41, 5.74) is 0.506. The molecule has 0 bridgehead atoms. The summed E-state index contributed by atoms with van der Waals surface area (Å²) in [7, 11) is 0. The van der Waals surface area contributed by atoms with Gasteiger partial charge in [-0.1, -0.05) is 30.7 Å². The number of pyridine rings is 1. The number of hydrogen-bond donors (Lipinski definition) is 1. The van der Waals surface area contributed by atoms with Crippen LogP contribution in [0.1, 0.15) is 49.0 Å². The van der Waals surface area contributed by atoms with Crippen molar-refractivity contribution in [2.24, 2.45) is 5.92 Å². The Morgan fingerprint density at radius 3 is 2.88 bits per heavy atom. The lowest BCUT2D eigenvalue weighted by Crippen LogP contribution is -2.48. The second-order valence-corrected chi connectivity index (χ2v) is 7.34. The maximum Gasteiger partial charge on any atom is 0.273 e. The minimum atomic E-state index is -0.0907. The fraction of sp³-hybridized carbons (Fsp3) is 0.476. The normalized spacial score (nSPS) is 24.2. The maximum atomic E-state index is 13.5. The smallest absolute Gasteiger partial charge is 0.273 e. The van der Waals surface area contributed by atoms with Crippen LogP contribution in [0.2, 0.25) is 0 Å². The van der Waals surface area contributed by atoms with Gasteiger partial charge in [-0.25, -0.2) is 0 Å². The lowest BCUT2D eigenvalue weighted by atomic mass is 9.98. The van der Waals surface area contributed by atoms with Gasteiger partial charge in [-0.15, -0.1) is 0 Å². The molecule has 0 radical (unpaired) electrons. The molecule has 2 aromatic rings. The van der Waals surface area contributed by atoms with E-state index in [0.29, 0.717) is 12.2 Å². The molecule has 1 aliphatic heterocycles. The van der Waals surface area contributed by atoms with Crippen LogP contribution >= 0.6 is 0 Å². The van der Waals surface area contributed by atoms with E-state index in [4.69, 9.17) is 0 Å². The third-order valence-electron chi connectivity index (χ3n) is 5.73. The highest BCUT2D eigenvalue weighted by molar-refractivity contribution is 6.05. The Labute approximate surface area is 153 Å². The summed E-state index contributed by atoms with van der Waals surface area (Å²) in [5, 5.41) is 4.97. The first-order valence-corrected chi connectivity index (χ1v) is 9.68. The largest absolute Gasteiger partial charge is 0.356 e. The van der Waals surface area contributed by atoms with Gasteiger partial charge in [0.05, 0.1) is 5.92 Å². The van der Waals surface area contributed by atoms with Gasteiger partial charge in [0.2, 0.25) is 5.91 Å². The van der Waals surface area contributed by atoms with Crippen LogP contribution in [0.5, 0.6) is 0 Å². The number of aromatic nitrogens is 1. The highest BCUT2D eigenvalue weighted by Crippen LogP contribution is 2.32. The molecular weight excluding hydrogens is 326 g/mol. The number of nitrogens with one attached hydrogen (secondary N) is 1. The molecule has 2 fully saturated rings. The van der Waals surface area contributed by atoms with E-state index in [1.165, 1.54) is 0 Å². The highest BCUT2D eigenvalue weighted by atomic mass is 16.2. The summed E-state index contributed by atoms with van der Waals surface area (Å²) in [4.78, 5) is 32.4. The van der Waals surface area contributed by atoms with Crippen molar-refractivity contribution in [1.82, 2.24) is 15.2 Å². The molecule has 1 saturated heterocycles. The molecule has 1 aromatic carbocycles. The quantitative estimate of drug-likeness (QED) is 0.858. The predicted octanol–water partition coefficient (Wildman–Crippen LogP) is 3.15. The number of carbonyl (C=O) groups is 2. The summed E-state index contributed by atoms with van der Waals surface area (Å²) in [6, 6.07) is 9.78. The monoisotopic (exact) mass is 351 g/mol. The van der Waals surface area contributed by atoms with Crippen LogP contribution in [0, 0.1) is 5.92 Å². The summed E-state index contributed by atoms with van der Waals surface area (Å²) >= 11 is 0. The molecule has 5 nitrogen and oxygen atoms in total. The molecule has 0 unspecified atom stereocenters. The van der Waals surface area contributed by atoms with Crippen LogP contribution in [0.15, 0.2) is 36.5 Å². The van der Waals surface area contributed by atoms with Crippen LogP contribution in [0.3, 0.4) is 0 Å². The topological polar surface area (TPSA) is 62.3 Å². The van der Waals surface area contributed by atoms with Gasteiger partial charge >= 0.3 is 0 Å². The van der Waals surface area contributed by atoms with Gasteiger partial charge in [0.15, 0.2) is 0 Å². The molecule has 2 atom stereocenters. The van der Waals surface area contributed by atoms with Crippen LogP contribution in [0.4, 0.5) is 0 Å². The molecule has 0 spiro atoms. The maximum absolute atomic E-state index is 13.5. The molecule has 1 aliphatic carbocycles. The molecule has 1 aromatic heterocycles. The zero-order valence-corrected chi connectivity index (χ0v) is 15.0. The van der Waals surface area contributed by atoms with Crippen molar-refractivity contribution in [3.8, 4) is 0 Å². The molecule has 5 heteroatoms.